The van der Waals surface area contributed by atoms with Gasteiger partial charge in [-0.1, -0.05) is 36.4 Å². The Morgan fingerprint density at radius 1 is 1.11 bits per heavy atom. The molecule has 3 aromatic rings. The van der Waals surface area contributed by atoms with Crippen molar-refractivity contribution in [2.45, 2.75) is 32.4 Å². The lowest BCUT2D eigenvalue weighted by molar-refractivity contribution is 0.175. The van der Waals surface area contributed by atoms with Crippen LogP contribution in [0.1, 0.15) is 43.1 Å². The van der Waals surface area contributed by atoms with Crippen LogP contribution in [-0.4, -0.2) is 40.9 Å². The molecule has 5 rings (SSSR count). The number of aromatic hydroxyl groups is 2. The van der Waals surface area contributed by atoms with Gasteiger partial charge in [0.05, 0.1) is 0 Å². The van der Waals surface area contributed by atoms with E-state index in [0.717, 1.165) is 36.4 Å². The van der Waals surface area contributed by atoms with E-state index in [9.17, 15) is 10.2 Å². The SMILES string of the molecule is C=C1CCN([C@@H](C)COc2ccc(C3Oc4ccc(O)cc4C(C)=C3c3cccc(O)c3F)cc2)C1. The van der Waals surface area contributed by atoms with Crippen molar-refractivity contribution < 1.29 is 24.1 Å². The maximum atomic E-state index is 15.1. The second kappa shape index (κ2) is 9.70. The summed E-state index contributed by atoms with van der Waals surface area (Å²) in [5.74, 6) is 0.312. The molecule has 0 saturated carbocycles. The molecular formula is C30H30FNO4. The number of ether oxygens (including phenoxy) is 2. The van der Waals surface area contributed by atoms with Gasteiger partial charge in [-0.05, 0) is 67.8 Å². The lowest BCUT2D eigenvalue weighted by atomic mass is 9.85. The van der Waals surface area contributed by atoms with E-state index in [4.69, 9.17) is 9.47 Å². The van der Waals surface area contributed by atoms with Crippen molar-refractivity contribution in [1.29, 1.82) is 0 Å². The minimum Gasteiger partial charge on any atom is -0.508 e. The molecule has 186 valence electrons. The Labute approximate surface area is 210 Å². The van der Waals surface area contributed by atoms with Crippen molar-refractivity contribution in [2.75, 3.05) is 19.7 Å². The number of nitrogens with zero attached hydrogens (tertiary/aromatic N) is 1. The normalized spacial score (nSPS) is 18.6. The smallest absolute Gasteiger partial charge is 0.172 e. The molecule has 2 heterocycles. The molecule has 0 aromatic heterocycles. The van der Waals surface area contributed by atoms with E-state index < -0.39 is 17.7 Å². The summed E-state index contributed by atoms with van der Waals surface area (Å²) in [5, 5.41) is 20.1. The number of phenols is 2. The van der Waals surface area contributed by atoms with Crippen LogP contribution in [0.4, 0.5) is 4.39 Å². The Morgan fingerprint density at radius 2 is 1.89 bits per heavy atom. The van der Waals surface area contributed by atoms with Crippen LogP contribution in [0.5, 0.6) is 23.0 Å². The van der Waals surface area contributed by atoms with E-state index in [0.29, 0.717) is 23.5 Å². The molecule has 0 amide bonds. The molecule has 3 aromatic carbocycles. The van der Waals surface area contributed by atoms with E-state index >= 15 is 4.39 Å². The van der Waals surface area contributed by atoms with E-state index in [2.05, 4.69) is 18.4 Å². The highest BCUT2D eigenvalue weighted by Crippen LogP contribution is 2.48. The first-order chi connectivity index (χ1) is 17.3. The van der Waals surface area contributed by atoms with Crippen molar-refractivity contribution in [2.24, 2.45) is 0 Å². The van der Waals surface area contributed by atoms with Crippen molar-refractivity contribution in [1.82, 2.24) is 4.90 Å². The van der Waals surface area contributed by atoms with Crippen LogP contribution in [0.3, 0.4) is 0 Å². The zero-order valence-electron chi connectivity index (χ0n) is 20.5. The highest BCUT2D eigenvalue weighted by Gasteiger charge is 2.31. The van der Waals surface area contributed by atoms with Crippen LogP contribution >= 0.6 is 0 Å². The summed E-state index contributed by atoms with van der Waals surface area (Å²) in [7, 11) is 0. The topological polar surface area (TPSA) is 62.2 Å². The van der Waals surface area contributed by atoms with Crippen LogP contribution in [0.15, 0.2) is 72.8 Å². The highest BCUT2D eigenvalue weighted by molar-refractivity contribution is 5.96. The third-order valence-electron chi connectivity index (χ3n) is 7.02. The van der Waals surface area contributed by atoms with Gasteiger partial charge in [0.2, 0.25) is 0 Å². The van der Waals surface area contributed by atoms with Gasteiger partial charge in [-0.15, -0.1) is 0 Å². The zero-order valence-corrected chi connectivity index (χ0v) is 20.5. The number of fused-ring (bicyclic) bond motifs is 1. The third kappa shape index (κ3) is 4.56. The Bertz CT molecular complexity index is 1330. The lowest BCUT2D eigenvalue weighted by Gasteiger charge is -2.31. The molecule has 0 radical (unpaired) electrons. The molecule has 1 fully saturated rings. The van der Waals surface area contributed by atoms with Crippen molar-refractivity contribution in [3.05, 3.63) is 95.3 Å². The minimum atomic E-state index is -0.706. The molecule has 0 bridgehead atoms. The van der Waals surface area contributed by atoms with Crippen LogP contribution in [0, 0.1) is 5.82 Å². The van der Waals surface area contributed by atoms with Crippen molar-refractivity contribution in [3.63, 3.8) is 0 Å². The van der Waals surface area contributed by atoms with E-state index in [-0.39, 0.29) is 17.4 Å². The summed E-state index contributed by atoms with van der Waals surface area (Å²) in [4.78, 5) is 2.37. The molecule has 0 spiro atoms. The molecule has 1 saturated heterocycles. The van der Waals surface area contributed by atoms with Gasteiger partial charge in [0.1, 0.15) is 30.0 Å². The Morgan fingerprint density at radius 3 is 2.61 bits per heavy atom. The fourth-order valence-electron chi connectivity index (χ4n) is 4.93. The Kier molecular flexibility index (Phi) is 6.46. The molecule has 0 aliphatic carbocycles. The van der Waals surface area contributed by atoms with E-state index in [1.54, 1.807) is 30.3 Å². The van der Waals surface area contributed by atoms with Gasteiger partial charge >= 0.3 is 0 Å². The summed E-state index contributed by atoms with van der Waals surface area (Å²) in [5.41, 5.74) is 4.39. The lowest BCUT2D eigenvalue weighted by Crippen LogP contribution is -2.34. The molecule has 1 unspecified atom stereocenters. The number of rotatable bonds is 6. The third-order valence-corrected chi connectivity index (χ3v) is 7.02. The fraction of sp³-hybridized carbons (Fsp3) is 0.267. The average molecular weight is 488 g/mol. The van der Waals surface area contributed by atoms with Crippen LogP contribution < -0.4 is 9.47 Å². The molecule has 2 N–H and O–H groups in total. The van der Waals surface area contributed by atoms with Crippen LogP contribution in [0.2, 0.25) is 0 Å². The summed E-state index contributed by atoms with van der Waals surface area (Å²) < 4.78 is 27.5. The van der Waals surface area contributed by atoms with Gasteiger partial charge in [0, 0.05) is 35.8 Å². The summed E-state index contributed by atoms with van der Waals surface area (Å²) in [6.07, 6.45) is 0.431. The molecule has 2 aliphatic heterocycles. The van der Waals surface area contributed by atoms with Gasteiger partial charge in [-0.25, -0.2) is 4.39 Å². The largest absolute Gasteiger partial charge is 0.508 e. The highest BCUT2D eigenvalue weighted by atomic mass is 19.1. The first-order valence-electron chi connectivity index (χ1n) is 12.1. The average Bonchev–Trinajstić information content (AvgIpc) is 3.31. The summed E-state index contributed by atoms with van der Waals surface area (Å²) in [6, 6.07) is 17.3. The first kappa shape index (κ1) is 23.9. The standard InChI is InChI=1S/C30H30FNO4/c1-18-13-14-32(16-18)19(2)17-35-23-10-7-21(8-11-23)30-28(24-5-4-6-26(34)29(24)31)20(3)25-15-22(33)9-12-27(25)36-30/h4-12,15,19,30,33-34H,1,13-14,16-17H2,2-3H3/t19-,30?/m0/s1. The quantitative estimate of drug-likeness (QED) is 0.398. The maximum absolute atomic E-state index is 15.1. The summed E-state index contributed by atoms with van der Waals surface area (Å²) >= 11 is 0. The second-order valence-corrected chi connectivity index (χ2v) is 9.56. The maximum Gasteiger partial charge on any atom is 0.172 e. The number of benzene rings is 3. The zero-order chi connectivity index (χ0) is 25.4. The Hall–Kier alpha value is -3.77. The second-order valence-electron chi connectivity index (χ2n) is 9.56. The van der Waals surface area contributed by atoms with E-state index in [1.165, 1.54) is 11.6 Å². The number of phenolic OH excluding ortho intramolecular Hbond substituents is 2. The Balaban J connectivity index is 1.44. The molecule has 6 heteroatoms. The predicted molar refractivity (Wildman–Crippen MR) is 139 cm³/mol. The van der Waals surface area contributed by atoms with E-state index in [1.807, 2.05) is 31.2 Å². The van der Waals surface area contributed by atoms with Gasteiger partial charge in [0.15, 0.2) is 11.6 Å². The van der Waals surface area contributed by atoms with Gasteiger partial charge in [-0.3, -0.25) is 4.90 Å². The summed E-state index contributed by atoms with van der Waals surface area (Å²) in [6.45, 7) is 10.6. The van der Waals surface area contributed by atoms with Crippen LogP contribution in [0.25, 0.3) is 11.1 Å². The van der Waals surface area contributed by atoms with Gasteiger partial charge < -0.3 is 19.7 Å². The molecule has 2 aliphatic rings. The predicted octanol–water partition coefficient (Wildman–Crippen LogP) is 6.33. The number of hydrogen-bond acceptors (Lipinski definition) is 5. The molecule has 36 heavy (non-hydrogen) atoms. The first-order valence-corrected chi connectivity index (χ1v) is 12.1. The monoisotopic (exact) mass is 487 g/mol. The van der Waals surface area contributed by atoms with Crippen LogP contribution in [-0.2, 0) is 0 Å². The number of hydrogen-bond donors (Lipinski definition) is 2. The van der Waals surface area contributed by atoms with Gasteiger partial charge in [0.25, 0.3) is 0 Å². The molecule has 5 nitrogen and oxygen atoms in total. The fourth-order valence-corrected chi connectivity index (χ4v) is 4.93. The van der Waals surface area contributed by atoms with Gasteiger partial charge in [-0.2, -0.15) is 0 Å². The number of allylic oxidation sites excluding steroid dienone is 1. The number of likely N-dealkylation sites (tertiary alicyclic amines) is 1. The van der Waals surface area contributed by atoms with Crippen molar-refractivity contribution in [3.8, 4) is 23.0 Å². The van der Waals surface area contributed by atoms with Crippen molar-refractivity contribution >= 4 is 11.1 Å². The minimum absolute atomic E-state index is 0.0971. The molecule has 2 atom stereocenters. The molecular weight excluding hydrogens is 457 g/mol. The number of halogens is 1.